The molecule has 0 spiro atoms. The van der Waals surface area contributed by atoms with E-state index in [2.05, 4.69) is 0 Å². The Bertz CT molecular complexity index is 227. The van der Waals surface area contributed by atoms with Crippen LogP contribution in [0, 0.1) is 10.8 Å². The first-order valence-electron chi connectivity index (χ1n) is 5.14. The first-order valence-corrected chi connectivity index (χ1v) is 5.14. The van der Waals surface area contributed by atoms with Crippen molar-refractivity contribution in [2.45, 2.75) is 39.3 Å². The largest absolute Gasteiger partial charge is 0.391 e. The third-order valence-corrected chi connectivity index (χ3v) is 2.35. The van der Waals surface area contributed by atoms with Crippen LogP contribution in [0.3, 0.4) is 0 Å². The van der Waals surface area contributed by atoms with Crippen LogP contribution in [0.2, 0.25) is 0 Å². The van der Waals surface area contributed by atoms with Crippen molar-refractivity contribution in [1.82, 2.24) is 0 Å². The van der Waals surface area contributed by atoms with Crippen molar-refractivity contribution in [1.29, 1.82) is 5.41 Å². The van der Waals surface area contributed by atoms with E-state index >= 15 is 0 Å². The lowest BCUT2D eigenvalue weighted by Gasteiger charge is -2.22. The normalized spacial score (nSPS) is 12.8. The fourth-order valence-electron chi connectivity index (χ4n) is 1.04. The molecular formula is C10H19F3N2O. The molecule has 0 aromatic heterocycles. The van der Waals surface area contributed by atoms with Gasteiger partial charge in [0.25, 0.3) is 0 Å². The number of nitrogens with one attached hydrogen (secondary N) is 1. The average Bonchev–Trinajstić information content (AvgIpc) is 2.09. The lowest BCUT2D eigenvalue weighted by molar-refractivity contribution is -0.145. The minimum Gasteiger partial charge on any atom is -0.387 e. The molecule has 0 atom stereocenters. The predicted octanol–water partition coefficient (Wildman–Crippen LogP) is 2.70. The summed E-state index contributed by atoms with van der Waals surface area (Å²) in [6.45, 7) is 3.62. The van der Waals surface area contributed by atoms with E-state index in [1.165, 1.54) is 0 Å². The summed E-state index contributed by atoms with van der Waals surface area (Å²) in [6, 6.07) is 0. The summed E-state index contributed by atoms with van der Waals surface area (Å²) in [6.07, 6.45) is -3.83. The summed E-state index contributed by atoms with van der Waals surface area (Å²) in [5, 5.41) is 7.28. The van der Waals surface area contributed by atoms with Crippen molar-refractivity contribution >= 4 is 5.84 Å². The van der Waals surface area contributed by atoms with Crippen LogP contribution in [0.5, 0.6) is 0 Å². The molecule has 3 nitrogen and oxygen atoms in total. The topological polar surface area (TPSA) is 59.1 Å². The maximum absolute atomic E-state index is 11.7. The van der Waals surface area contributed by atoms with Gasteiger partial charge in [-0.25, -0.2) is 0 Å². The fourth-order valence-corrected chi connectivity index (χ4v) is 1.04. The Morgan fingerprint density at radius 2 is 1.75 bits per heavy atom. The number of rotatable bonds is 7. The van der Waals surface area contributed by atoms with E-state index in [1.54, 1.807) is 0 Å². The standard InChI is InChI=1S/C10H19F3N2O/c1-9(2,8(14)15)4-3-6-16-7-5-10(11,12)13/h3-7H2,1-2H3,(H3,14,15). The number of alkyl halides is 3. The van der Waals surface area contributed by atoms with E-state index in [1.807, 2.05) is 13.8 Å². The summed E-state index contributed by atoms with van der Waals surface area (Å²) in [5.41, 5.74) is 4.95. The Hall–Kier alpha value is -0.780. The number of amidine groups is 1. The molecule has 6 heteroatoms. The van der Waals surface area contributed by atoms with Gasteiger partial charge in [-0.3, -0.25) is 5.41 Å². The number of ether oxygens (including phenoxy) is 1. The van der Waals surface area contributed by atoms with E-state index in [0.717, 1.165) is 0 Å². The molecule has 0 aromatic rings. The molecule has 0 aliphatic carbocycles. The highest BCUT2D eigenvalue weighted by Gasteiger charge is 2.26. The van der Waals surface area contributed by atoms with E-state index < -0.39 is 18.0 Å². The lowest BCUT2D eigenvalue weighted by Crippen LogP contribution is -2.31. The second-order valence-electron chi connectivity index (χ2n) is 4.38. The number of nitrogens with two attached hydrogens (primary N) is 1. The molecule has 0 aliphatic rings. The van der Waals surface area contributed by atoms with Gasteiger partial charge in [-0.1, -0.05) is 13.8 Å². The monoisotopic (exact) mass is 240 g/mol. The van der Waals surface area contributed by atoms with Gasteiger partial charge in [0.05, 0.1) is 18.9 Å². The molecule has 0 aromatic carbocycles. The van der Waals surface area contributed by atoms with Crippen molar-refractivity contribution in [2.24, 2.45) is 11.1 Å². The molecule has 0 aliphatic heterocycles. The van der Waals surface area contributed by atoms with E-state index in [0.29, 0.717) is 12.8 Å². The minimum atomic E-state index is -4.15. The molecule has 0 rings (SSSR count). The Balaban J connectivity index is 3.52. The highest BCUT2D eigenvalue weighted by atomic mass is 19.4. The van der Waals surface area contributed by atoms with Crippen molar-refractivity contribution in [3.05, 3.63) is 0 Å². The van der Waals surface area contributed by atoms with Gasteiger partial charge in [0, 0.05) is 12.0 Å². The highest BCUT2D eigenvalue weighted by Crippen LogP contribution is 2.22. The Kier molecular flexibility index (Phi) is 5.78. The van der Waals surface area contributed by atoms with Crippen LogP contribution in [-0.2, 0) is 4.74 Å². The Morgan fingerprint density at radius 3 is 2.19 bits per heavy atom. The van der Waals surface area contributed by atoms with Gasteiger partial charge in [0.1, 0.15) is 0 Å². The van der Waals surface area contributed by atoms with Crippen LogP contribution in [0.25, 0.3) is 0 Å². The molecule has 0 saturated carbocycles. The van der Waals surface area contributed by atoms with Crippen LogP contribution in [0.15, 0.2) is 0 Å². The maximum Gasteiger partial charge on any atom is 0.391 e. The molecule has 96 valence electrons. The minimum absolute atomic E-state index is 0.0859. The second kappa shape index (κ2) is 6.08. The molecule has 0 fully saturated rings. The summed E-state index contributed by atoms with van der Waals surface area (Å²) in [7, 11) is 0. The van der Waals surface area contributed by atoms with Crippen molar-refractivity contribution in [2.75, 3.05) is 13.2 Å². The van der Waals surface area contributed by atoms with Crippen LogP contribution in [0.1, 0.15) is 33.1 Å². The van der Waals surface area contributed by atoms with Crippen LogP contribution >= 0.6 is 0 Å². The van der Waals surface area contributed by atoms with Gasteiger partial charge in [-0.2, -0.15) is 13.2 Å². The highest BCUT2D eigenvalue weighted by molar-refractivity contribution is 5.82. The van der Waals surface area contributed by atoms with Crippen molar-refractivity contribution in [3.8, 4) is 0 Å². The Labute approximate surface area is 93.7 Å². The van der Waals surface area contributed by atoms with Gasteiger partial charge >= 0.3 is 6.18 Å². The van der Waals surface area contributed by atoms with Gasteiger partial charge in [-0.15, -0.1) is 0 Å². The van der Waals surface area contributed by atoms with Gasteiger partial charge < -0.3 is 10.5 Å². The average molecular weight is 240 g/mol. The quantitative estimate of drug-likeness (QED) is 0.408. The molecule has 0 radical (unpaired) electrons. The molecule has 0 unspecified atom stereocenters. The predicted molar refractivity (Wildman–Crippen MR) is 56.4 cm³/mol. The zero-order chi connectivity index (χ0) is 12.8. The van der Waals surface area contributed by atoms with Crippen molar-refractivity contribution < 1.29 is 17.9 Å². The van der Waals surface area contributed by atoms with Gasteiger partial charge in [-0.05, 0) is 12.8 Å². The van der Waals surface area contributed by atoms with E-state index in [4.69, 9.17) is 15.9 Å². The van der Waals surface area contributed by atoms with E-state index in [9.17, 15) is 13.2 Å². The van der Waals surface area contributed by atoms with Crippen LogP contribution in [0.4, 0.5) is 13.2 Å². The number of hydrogen-bond donors (Lipinski definition) is 2. The van der Waals surface area contributed by atoms with E-state index in [-0.39, 0.29) is 19.0 Å². The fraction of sp³-hybridized carbons (Fsp3) is 0.900. The summed E-state index contributed by atoms with van der Waals surface area (Å²) in [5.74, 6) is 0.0859. The molecule has 0 heterocycles. The second-order valence-corrected chi connectivity index (χ2v) is 4.38. The molecule has 0 bridgehead atoms. The third kappa shape index (κ3) is 7.50. The molecule has 16 heavy (non-hydrogen) atoms. The first kappa shape index (κ1) is 15.2. The first-order chi connectivity index (χ1) is 7.15. The molecule has 0 saturated heterocycles. The summed E-state index contributed by atoms with van der Waals surface area (Å²) >= 11 is 0. The smallest absolute Gasteiger partial charge is 0.387 e. The number of halogens is 3. The lowest BCUT2D eigenvalue weighted by atomic mass is 9.87. The van der Waals surface area contributed by atoms with Crippen LogP contribution < -0.4 is 5.73 Å². The zero-order valence-corrected chi connectivity index (χ0v) is 9.66. The van der Waals surface area contributed by atoms with Gasteiger partial charge in [0.15, 0.2) is 0 Å². The molecule has 3 N–H and O–H groups in total. The maximum atomic E-state index is 11.7. The van der Waals surface area contributed by atoms with Crippen molar-refractivity contribution in [3.63, 3.8) is 0 Å². The third-order valence-electron chi connectivity index (χ3n) is 2.35. The number of hydrogen-bond acceptors (Lipinski definition) is 2. The summed E-state index contributed by atoms with van der Waals surface area (Å²) in [4.78, 5) is 0. The van der Waals surface area contributed by atoms with Crippen LogP contribution in [-0.4, -0.2) is 25.2 Å². The Morgan fingerprint density at radius 1 is 1.19 bits per heavy atom. The molecular weight excluding hydrogens is 221 g/mol. The SMILES string of the molecule is CC(C)(CCCOCCC(F)(F)F)C(=N)N. The summed E-state index contributed by atoms with van der Waals surface area (Å²) < 4.78 is 40.1. The molecule has 0 amide bonds. The zero-order valence-electron chi connectivity index (χ0n) is 9.66. The van der Waals surface area contributed by atoms with Gasteiger partial charge in [0.2, 0.25) is 0 Å².